The van der Waals surface area contributed by atoms with E-state index in [2.05, 4.69) is 22.9 Å². The molecule has 1 heterocycles. The number of ether oxygens (including phenoxy) is 2. The molecule has 1 unspecified atom stereocenters. The molecule has 1 fully saturated rings. The van der Waals surface area contributed by atoms with Gasteiger partial charge in [0.15, 0.2) is 0 Å². The molecule has 134 valence electrons. The largest absolute Gasteiger partial charge is 0.444 e. The number of amides is 1. The third-order valence-corrected chi connectivity index (χ3v) is 5.01. The lowest BCUT2D eigenvalue weighted by Gasteiger charge is -2.29. The number of carbonyl (C=O) groups is 1. The van der Waals surface area contributed by atoms with E-state index in [0.29, 0.717) is 24.7 Å². The quantitative estimate of drug-likeness (QED) is 0.656. The zero-order chi connectivity index (χ0) is 18.0. The molecule has 1 atom stereocenters. The van der Waals surface area contributed by atoms with Gasteiger partial charge in [-0.15, -0.1) is 0 Å². The minimum absolute atomic E-state index is 0.275. The van der Waals surface area contributed by atoms with Crippen LogP contribution in [0, 0.1) is 0 Å². The van der Waals surface area contributed by atoms with Crippen molar-refractivity contribution in [3.8, 4) is 0 Å². The van der Waals surface area contributed by atoms with Crippen LogP contribution in [0.4, 0.5) is 4.79 Å². The summed E-state index contributed by atoms with van der Waals surface area (Å²) in [7, 11) is 0. The molecule has 4 nitrogen and oxygen atoms in total. The maximum Gasteiger partial charge on any atom is 0.410 e. The average Bonchev–Trinajstić information content (AvgIpc) is 2.90. The number of hydrogen-bond acceptors (Lipinski definition) is 3. The number of halogens is 2. The standard InChI is InChI=1S/C18H25BrClNO3/c1-5-18(23-11-13-6-7-14(19)10-15(13)20)8-9-21(12-18)16(22)24-17(2,3)4/h6-7,10H,5,8-9,11-12H2,1-4H3. The fraction of sp³-hybridized carbons (Fsp3) is 0.611. The van der Waals surface area contributed by atoms with Gasteiger partial charge in [0.1, 0.15) is 5.60 Å². The van der Waals surface area contributed by atoms with Gasteiger partial charge in [0, 0.05) is 16.0 Å². The average molecular weight is 419 g/mol. The fourth-order valence-electron chi connectivity index (χ4n) is 2.71. The Hall–Kier alpha value is -0.780. The number of nitrogens with zero attached hydrogens (tertiary/aromatic N) is 1. The number of benzene rings is 1. The van der Waals surface area contributed by atoms with E-state index in [1.807, 2.05) is 39.0 Å². The summed E-state index contributed by atoms with van der Waals surface area (Å²) < 4.78 is 12.6. The fourth-order valence-corrected chi connectivity index (χ4v) is 3.43. The Bertz CT molecular complexity index is 602. The topological polar surface area (TPSA) is 38.8 Å². The van der Waals surface area contributed by atoms with Crippen LogP contribution in [0.5, 0.6) is 0 Å². The van der Waals surface area contributed by atoms with Crippen LogP contribution in [0.2, 0.25) is 5.02 Å². The lowest BCUT2D eigenvalue weighted by Crippen LogP contribution is -2.40. The molecule has 0 radical (unpaired) electrons. The summed E-state index contributed by atoms with van der Waals surface area (Å²) in [5.41, 5.74) is 0.122. The molecule has 0 aromatic heterocycles. The highest BCUT2D eigenvalue weighted by Gasteiger charge is 2.41. The lowest BCUT2D eigenvalue weighted by molar-refractivity contribution is -0.0527. The van der Waals surface area contributed by atoms with Crippen LogP contribution in [0.1, 0.15) is 46.1 Å². The van der Waals surface area contributed by atoms with Gasteiger partial charge >= 0.3 is 6.09 Å². The van der Waals surface area contributed by atoms with Crippen LogP contribution in [0.25, 0.3) is 0 Å². The van der Waals surface area contributed by atoms with Crippen molar-refractivity contribution >= 4 is 33.6 Å². The highest BCUT2D eigenvalue weighted by Crippen LogP contribution is 2.32. The van der Waals surface area contributed by atoms with Gasteiger partial charge in [-0.25, -0.2) is 4.79 Å². The molecule has 2 rings (SSSR count). The monoisotopic (exact) mass is 417 g/mol. The van der Waals surface area contributed by atoms with Crippen LogP contribution in [0.15, 0.2) is 22.7 Å². The number of likely N-dealkylation sites (tertiary alicyclic amines) is 1. The first-order chi connectivity index (χ1) is 11.1. The van der Waals surface area contributed by atoms with Crippen molar-refractivity contribution in [3.05, 3.63) is 33.3 Å². The van der Waals surface area contributed by atoms with Gasteiger partial charge < -0.3 is 14.4 Å². The Labute approximate surface area is 157 Å². The van der Waals surface area contributed by atoms with E-state index in [-0.39, 0.29) is 11.7 Å². The van der Waals surface area contributed by atoms with Crippen LogP contribution < -0.4 is 0 Å². The Kier molecular flexibility index (Phi) is 6.21. The SMILES string of the molecule is CCC1(OCc2ccc(Br)cc2Cl)CCN(C(=O)OC(C)(C)C)C1. The van der Waals surface area contributed by atoms with Crippen molar-refractivity contribution in [2.24, 2.45) is 0 Å². The van der Waals surface area contributed by atoms with Crippen molar-refractivity contribution in [2.45, 2.75) is 58.3 Å². The van der Waals surface area contributed by atoms with Crippen LogP contribution >= 0.6 is 27.5 Å². The molecule has 0 saturated carbocycles. The molecule has 1 amide bonds. The highest BCUT2D eigenvalue weighted by molar-refractivity contribution is 9.10. The minimum Gasteiger partial charge on any atom is -0.444 e. The molecular formula is C18H25BrClNO3. The second-order valence-corrected chi connectivity index (χ2v) is 8.54. The van der Waals surface area contributed by atoms with E-state index in [9.17, 15) is 4.79 Å². The Balaban J connectivity index is 1.99. The summed E-state index contributed by atoms with van der Waals surface area (Å²) in [6.45, 7) is 9.34. The molecule has 0 N–H and O–H groups in total. The highest BCUT2D eigenvalue weighted by atomic mass is 79.9. The molecule has 1 saturated heterocycles. The Morgan fingerprint density at radius 2 is 2.12 bits per heavy atom. The number of hydrogen-bond donors (Lipinski definition) is 0. The molecule has 0 spiro atoms. The molecule has 1 aliphatic heterocycles. The lowest BCUT2D eigenvalue weighted by atomic mass is 9.99. The molecule has 0 bridgehead atoms. The van der Waals surface area contributed by atoms with Gasteiger partial charge in [0.2, 0.25) is 0 Å². The third-order valence-electron chi connectivity index (χ3n) is 4.16. The predicted octanol–water partition coefficient (Wildman–Crippen LogP) is 5.41. The van der Waals surface area contributed by atoms with Gasteiger partial charge in [-0.05, 0) is 51.3 Å². The minimum atomic E-state index is -0.486. The van der Waals surface area contributed by atoms with Gasteiger partial charge in [-0.2, -0.15) is 0 Å². The Morgan fingerprint density at radius 1 is 1.42 bits per heavy atom. The molecule has 24 heavy (non-hydrogen) atoms. The number of rotatable bonds is 4. The smallest absolute Gasteiger partial charge is 0.410 e. The molecule has 1 aromatic rings. The first kappa shape index (κ1) is 19.5. The van der Waals surface area contributed by atoms with Crippen molar-refractivity contribution in [1.29, 1.82) is 0 Å². The molecule has 6 heteroatoms. The van der Waals surface area contributed by atoms with E-state index < -0.39 is 5.60 Å². The van der Waals surface area contributed by atoms with E-state index in [1.165, 1.54) is 0 Å². The van der Waals surface area contributed by atoms with Crippen molar-refractivity contribution < 1.29 is 14.3 Å². The molecule has 1 aromatic carbocycles. The van der Waals surface area contributed by atoms with Crippen molar-refractivity contribution in [1.82, 2.24) is 4.90 Å². The zero-order valence-corrected chi connectivity index (χ0v) is 17.0. The van der Waals surface area contributed by atoms with Gasteiger partial charge in [0.25, 0.3) is 0 Å². The summed E-state index contributed by atoms with van der Waals surface area (Å²) in [6, 6.07) is 5.77. The Morgan fingerprint density at radius 3 is 2.71 bits per heavy atom. The summed E-state index contributed by atoms with van der Waals surface area (Å²) in [4.78, 5) is 14.0. The molecule has 1 aliphatic rings. The maximum absolute atomic E-state index is 12.3. The molecule has 0 aliphatic carbocycles. The van der Waals surface area contributed by atoms with Gasteiger partial charge in [0.05, 0.1) is 18.8 Å². The predicted molar refractivity (Wildman–Crippen MR) is 99.4 cm³/mol. The second-order valence-electron chi connectivity index (χ2n) is 7.21. The van der Waals surface area contributed by atoms with Crippen LogP contribution in [-0.4, -0.2) is 35.3 Å². The van der Waals surface area contributed by atoms with Gasteiger partial charge in [-0.1, -0.05) is 40.5 Å². The van der Waals surface area contributed by atoms with Gasteiger partial charge in [-0.3, -0.25) is 0 Å². The van der Waals surface area contributed by atoms with E-state index in [4.69, 9.17) is 21.1 Å². The summed E-state index contributed by atoms with van der Waals surface area (Å²) >= 11 is 9.66. The molecular weight excluding hydrogens is 394 g/mol. The van der Waals surface area contributed by atoms with Crippen molar-refractivity contribution in [3.63, 3.8) is 0 Å². The normalized spacial score (nSPS) is 21.2. The van der Waals surface area contributed by atoms with Crippen molar-refractivity contribution in [2.75, 3.05) is 13.1 Å². The third kappa shape index (κ3) is 5.11. The van der Waals surface area contributed by atoms with Crippen LogP contribution in [0.3, 0.4) is 0 Å². The van der Waals surface area contributed by atoms with E-state index in [1.54, 1.807) is 4.90 Å². The number of carbonyl (C=O) groups excluding carboxylic acids is 1. The van der Waals surface area contributed by atoms with E-state index in [0.717, 1.165) is 22.9 Å². The first-order valence-electron chi connectivity index (χ1n) is 8.20. The van der Waals surface area contributed by atoms with Crippen LogP contribution in [-0.2, 0) is 16.1 Å². The summed E-state index contributed by atoms with van der Waals surface area (Å²) in [6.07, 6.45) is 1.36. The zero-order valence-electron chi connectivity index (χ0n) is 14.7. The maximum atomic E-state index is 12.3. The van der Waals surface area contributed by atoms with E-state index >= 15 is 0 Å². The second kappa shape index (κ2) is 7.63. The first-order valence-corrected chi connectivity index (χ1v) is 9.37. The summed E-state index contributed by atoms with van der Waals surface area (Å²) in [5.74, 6) is 0. The summed E-state index contributed by atoms with van der Waals surface area (Å²) in [5, 5.41) is 0.678.